The third-order valence-corrected chi connectivity index (χ3v) is 2.85. The molecular formula is C10H19N3O. The van der Waals surface area contributed by atoms with Gasteiger partial charge in [0.15, 0.2) is 0 Å². The van der Waals surface area contributed by atoms with Crippen LogP contribution in [-0.2, 0) is 0 Å². The van der Waals surface area contributed by atoms with Crippen LogP contribution in [0.1, 0.15) is 19.3 Å². The van der Waals surface area contributed by atoms with Gasteiger partial charge < -0.3 is 10.0 Å². The number of rotatable bonds is 4. The van der Waals surface area contributed by atoms with E-state index in [9.17, 15) is 0 Å². The predicted molar refractivity (Wildman–Crippen MR) is 54.8 cm³/mol. The SMILES string of the molecule is CN1CCC(C#N)(NCCCO)CC1. The minimum absolute atomic E-state index is 0.189. The Balaban J connectivity index is 2.39. The first-order chi connectivity index (χ1) is 6.72. The lowest BCUT2D eigenvalue weighted by Gasteiger charge is -2.36. The zero-order valence-electron chi connectivity index (χ0n) is 8.79. The Kier molecular flexibility index (Phi) is 4.33. The fourth-order valence-electron chi connectivity index (χ4n) is 1.74. The van der Waals surface area contributed by atoms with Gasteiger partial charge in [0.05, 0.1) is 6.07 Å². The molecule has 1 heterocycles. The summed E-state index contributed by atoms with van der Waals surface area (Å²) in [5.41, 5.74) is -0.346. The van der Waals surface area contributed by atoms with E-state index in [0.717, 1.165) is 38.9 Å². The Morgan fingerprint density at radius 2 is 2.14 bits per heavy atom. The molecule has 2 N–H and O–H groups in total. The monoisotopic (exact) mass is 197 g/mol. The van der Waals surface area contributed by atoms with Crippen LogP contribution in [0.3, 0.4) is 0 Å². The molecule has 1 fully saturated rings. The van der Waals surface area contributed by atoms with Crippen molar-refractivity contribution in [2.45, 2.75) is 24.8 Å². The van der Waals surface area contributed by atoms with Crippen LogP contribution >= 0.6 is 0 Å². The number of likely N-dealkylation sites (tertiary alicyclic amines) is 1. The maximum Gasteiger partial charge on any atom is 0.109 e. The van der Waals surface area contributed by atoms with Gasteiger partial charge in [0, 0.05) is 19.7 Å². The van der Waals surface area contributed by atoms with Crippen LogP contribution in [0.25, 0.3) is 0 Å². The van der Waals surface area contributed by atoms with Crippen LogP contribution in [0.5, 0.6) is 0 Å². The molecular weight excluding hydrogens is 178 g/mol. The van der Waals surface area contributed by atoms with Crippen molar-refractivity contribution < 1.29 is 5.11 Å². The molecule has 0 spiro atoms. The van der Waals surface area contributed by atoms with E-state index in [1.54, 1.807) is 0 Å². The molecule has 0 aromatic rings. The van der Waals surface area contributed by atoms with Crippen molar-refractivity contribution in [2.75, 3.05) is 33.3 Å². The van der Waals surface area contributed by atoms with Crippen LogP contribution in [0.4, 0.5) is 0 Å². The zero-order valence-corrected chi connectivity index (χ0v) is 8.79. The summed E-state index contributed by atoms with van der Waals surface area (Å²) in [6.45, 7) is 2.86. The summed E-state index contributed by atoms with van der Waals surface area (Å²) in [6.07, 6.45) is 2.48. The van der Waals surface area contributed by atoms with E-state index >= 15 is 0 Å². The van der Waals surface area contributed by atoms with Crippen LogP contribution in [0.2, 0.25) is 0 Å². The molecule has 0 aliphatic carbocycles. The molecule has 14 heavy (non-hydrogen) atoms. The molecule has 0 radical (unpaired) electrons. The maximum atomic E-state index is 9.13. The normalized spacial score (nSPS) is 21.8. The van der Waals surface area contributed by atoms with Crippen molar-refractivity contribution in [2.24, 2.45) is 0 Å². The standard InChI is InChI=1S/C10H19N3O/c1-13-6-3-10(9-11,4-7-13)12-5-2-8-14/h12,14H,2-8H2,1H3. The van der Waals surface area contributed by atoms with E-state index in [-0.39, 0.29) is 12.1 Å². The van der Waals surface area contributed by atoms with E-state index < -0.39 is 0 Å². The molecule has 0 amide bonds. The summed E-state index contributed by atoms with van der Waals surface area (Å²) in [5, 5.41) is 21.1. The maximum absolute atomic E-state index is 9.13. The Bertz CT molecular complexity index is 204. The number of hydrogen-bond acceptors (Lipinski definition) is 4. The summed E-state index contributed by atoms with van der Waals surface area (Å²) >= 11 is 0. The lowest BCUT2D eigenvalue weighted by Crippen LogP contribution is -2.52. The van der Waals surface area contributed by atoms with Crippen molar-refractivity contribution >= 4 is 0 Å². The first-order valence-electron chi connectivity index (χ1n) is 5.18. The summed E-state index contributed by atoms with van der Waals surface area (Å²) < 4.78 is 0. The Labute approximate surface area is 85.5 Å². The molecule has 0 atom stereocenters. The summed E-state index contributed by atoms with van der Waals surface area (Å²) in [7, 11) is 2.08. The van der Waals surface area contributed by atoms with Crippen molar-refractivity contribution in [1.29, 1.82) is 5.26 Å². The average molecular weight is 197 g/mol. The van der Waals surface area contributed by atoms with Gasteiger partial charge in [-0.2, -0.15) is 5.26 Å². The highest BCUT2D eigenvalue weighted by Gasteiger charge is 2.32. The summed E-state index contributed by atoms with van der Waals surface area (Å²) in [5.74, 6) is 0. The second kappa shape index (κ2) is 5.30. The highest BCUT2D eigenvalue weighted by molar-refractivity contribution is 5.09. The third-order valence-electron chi connectivity index (χ3n) is 2.85. The van der Waals surface area contributed by atoms with Gasteiger partial charge in [-0.1, -0.05) is 0 Å². The van der Waals surface area contributed by atoms with Crippen LogP contribution in [0.15, 0.2) is 0 Å². The lowest BCUT2D eigenvalue weighted by molar-refractivity contribution is 0.191. The molecule has 0 saturated carbocycles. The zero-order chi connectivity index (χ0) is 10.4. The van der Waals surface area contributed by atoms with Crippen molar-refractivity contribution in [1.82, 2.24) is 10.2 Å². The van der Waals surface area contributed by atoms with Crippen molar-refractivity contribution in [3.63, 3.8) is 0 Å². The quantitative estimate of drug-likeness (QED) is 0.620. The lowest BCUT2D eigenvalue weighted by atomic mass is 9.89. The molecule has 0 aromatic carbocycles. The first-order valence-corrected chi connectivity index (χ1v) is 5.18. The van der Waals surface area contributed by atoms with E-state index in [0.29, 0.717) is 0 Å². The molecule has 0 bridgehead atoms. The summed E-state index contributed by atoms with van der Waals surface area (Å²) in [4.78, 5) is 2.24. The van der Waals surface area contributed by atoms with Gasteiger partial charge in [0.1, 0.15) is 5.54 Å². The van der Waals surface area contributed by atoms with Crippen molar-refractivity contribution in [3.8, 4) is 6.07 Å². The van der Waals surface area contributed by atoms with E-state index in [1.807, 2.05) is 0 Å². The molecule has 1 rings (SSSR count). The van der Waals surface area contributed by atoms with Gasteiger partial charge in [0.2, 0.25) is 0 Å². The molecule has 80 valence electrons. The number of nitriles is 1. The fraction of sp³-hybridized carbons (Fsp3) is 0.900. The van der Waals surface area contributed by atoms with Crippen LogP contribution < -0.4 is 5.32 Å². The predicted octanol–water partition coefficient (Wildman–Crippen LogP) is -0.0536. The van der Waals surface area contributed by atoms with E-state index in [4.69, 9.17) is 10.4 Å². The van der Waals surface area contributed by atoms with Crippen LogP contribution in [0, 0.1) is 11.3 Å². The molecule has 0 aromatic heterocycles. The minimum atomic E-state index is -0.346. The van der Waals surface area contributed by atoms with Gasteiger partial charge in [-0.25, -0.2) is 0 Å². The number of aliphatic hydroxyl groups excluding tert-OH is 1. The van der Waals surface area contributed by atoms with E-state index in [1.165, 1.54) is 0 Å². The first kappa shape index (κ1) is 11.4. The summed E-state index contributed by atoms with van der Waals surface area (Å²) in [6, 6.07) is 2.38. The second-order valence-corrected chi connectivity index (χ2v) is 4.00. The topological polar surface area (TPSA) is 59.3 Å². The van der Waals surface area contributed by atoms with Gasteiger partial charge in [-0.15, -0.1) is 0 Å². The van der Waals surface area contributed by atoms with E-state index in [2.05, 4.69) is 23.3 Å². The van der Waals surface area contributed by atoms with Gasteiger partial charge in [-0.3, -0.25) is 5.32 Å². The fourth-order valence-corrected chi connectivity index (χ4v) is 1.74. The highest BCUT2D eigenvalue weighted by Crippen LogP contribution is 2.20. The smallest absolute Gasteiger partial charge is 0.109 e. The number of piperidine rings is 1. The van der Waals surface area contributed by atoms with Crippen molar-refractivity contribution in [3.05, 3.63) is 0 Å². The third kappa shape index (κ3) is 2.95. The van der Waals surface area contributed by atoms with Crippen LogP contribution in [-0.4, -0.2) is 48.8 Å². The molecule has 0 unspecified atom stereocenters. The van der Waals surface area contributed by atoms with Gasteiger partial charge >= 0.3 is 0 Å². The highest BCUT2D eigenvalue weighted by atomic mass is 16.3. The largest absolute Gasteiger partial charge is 0.396 e. The Hall–Kier alpha value is -0.630. The van der Waals surface area contributed by atoms with Gasteiger partial charge in [-0.05, 0) is 32.9 Å². The molecule has 1 saturated heterocycles. The number of hydrogen-bond donors (Lipinski definition) is 2. The van der Waals surface area contributed by atoms with Gasteiger partial charge in [0.25, 0.3) is 0 Å². The number of nitrogens with one attached hydrogen (secondary N) is 1. The number of nitrogens with zero attached hydrogens (tertiary/aromatic N) is 2. The average Bonchev–Trinajstić information content (AvgIpc) is 2.22. The molecule has 4 nitrogen and oxygen atoms in total. The number of aliphatic hydroxyl groups is 1. The minimum Gasteiger partial charge on any atom is -0.396 e. The molecule has 1 aliphatic rings. The Morgan fingerprint density at radius 3 is 2.64 bits per heavy atom. The second-order valence-electron chi connectivity index (χ2n) is 4.00. The Morgan fingerprint density at radius 1 is 1.50 bits per heavy atom. The molecule has 4 heteroatoms. The molecule has 1 aliphatic heterocycles.